The molecule has 0 saturated carbocycles. The minimum atomic E-state index is -0.114. The van der Waals surface area contributed by atoms with Crippen LogP contribution in [0.15, 0.2) is 36.7 Å². The highest BCUT2D eigenvalue weighted by Gasteiger charge is 2.22. The average molecular weight is 258 g/mol. The molecule has 1 fully saturated rings. The van der Waals surface area contributed by atoms with Crippen molar-refractivity contribution in [2.75, 3.05) is 20.3 Å². The van der Waals surface area contributed by atoms with E-state index in [1.54, 1.807) is 0 Å². The minimum absolute atomic E-state index is 0.114. The van der Waals surface area contributed by atoms with Crippen molar-refractivity contribution >= 4 is 10.8 Å². The molecule has 1 aliphatic rings. The van der Waals surface area contributed by atoms with E-state index in [1.807, 2.05) is 25.5 Å². The summed E-state index contributed by atoms with van der Waals surface area (Å²) < 4.78 is 11.1. The van der Waals surface area contributed by atoms with Crippen molar-refractivity contribution in [3.05, 3.63) is 42.2 Å². The van der Waals surface area contributed by atoms with Gasteiger partial charge in [0.2, 0.25) is 0 Å². The molecule has 0 bridgehead atoms. The van der Waals surface area contributed by atoms with Gasteiger partial charge < -0.3 is 14.8 Å². The molecule has 1 unspecified atom stereocenters. The summed E-state index contributed by atoms with van der Waals surface area (Å²) in [6, 6.07) is 8.49. The summed E-state index contributed by atoms with van der Waals surface area (Å²) in [5.41, 5.74) is 1.19. The molecular weight excluding hydrogens is 240 g/mol. The normalized spacial score (nSPS) is 17.9. The quantitative estimate of drug-likeness (QED) is 0.913. The zero-order valence-corrected chi connectivity index (χ0v) is 11.0. The van der Waals surface area contributed by atoms with Crippen molar-refractivity contribution in [1.82, 2.24) is 10.3 Å². The predicted octanol–water partition coefficient (Wildman–Crippen LogP) is 2.26. The maximum Gasteiger partial charge on any atom is 0.159 e. The molecule has 1 aromatic carbocycles. The van der Waals surface area contributed by atoms with Gasteiger partial charge in [0.15, 0.2) is 6.29 Å². The second-order valence-corrected chi connectivity index (χ2v) is 4.70. The van der Waals surface area contributed by atoms with Gasteiger partial charge in [-0.05, 0) is 18.0 Å². The van der Waals surface area contributed by atoms with Crippen LogP contribution in [0, 0.1) is 0 Å². The topological polar surface area (TPSA) is 43.4 Å². The standard InChI is InChI=1S/C15H18N2O2/c1-16-14(8-15-18-6-7-19-15)13-10-17-9-11-4-2-3-5-12(11)13/h2-5,9-10,14-16H,6-8H2,1H3. The van der Waals surface area contributed by atoms with E-state index >= 15 is 0 Å². The molecule has 1 saturated heterocycles. The van der Waals surface area contributed by atoms with Gasteiger partial charge in [0.25, 0.3) is 0 Å². The average Bonchev–Trinajstić information content (AvgIpc) is 2.97. The van der Waals surface area contributed by atoms with E-state index in [9.17, 15) is 0 Å². The number of hydrogen-bond acceptors (Lipinski definition) is 4. The van der Waals surface area contributed by atoms with Crippen LogP contribution in [0.2, 0.25) is 0 Å². The molecule has 3 rings (SSSR count). The number of aromatic nitrogens is 1. The fraction of sp³-hybridized carbons (Fsp3) is 0.400. The smallest absolute Gasteiger partial charge is 0.159 e. The third-order valence-corrected chi connectivity index (χ3v) is 3.54. The molecule has 0 spiro atoms. The van der Waals surface area contributed by atoms with Crippen molar-refractivity contribution in [3.63, 3.8) is 0 Å². The molecule has 0 amide bonds. The molecule has 4 nitrogen and oxygen atoms in total. The summed E-state index contributed by atoms with van der Waals surface area (Å²) in [6.45, 7) is 1.38. The number of benzene rings is 1. The number of nitrogens with one attached hydrogen (secondary N) is 1. The lowest BCUT2D eigenvalue weighted by molar-refractivity contribution is -0.0525. The second-order valence-electron chi connectivity index (χ2n) is 4.70. The number of hydrogen-bond donors (Lipinski definition) is 1. The maximum atomic E-state index is 5.54. The molecule has 19 heavy (non-hydrogen) atoms. The minimum Gasteiger partial charge on any atom is -0.350 e. The zero-order chi connectivity index (χ0) is 13.1. The number of pyridine rings is 1. The summed E-state index contributed by atoms with van der Waals surface area (Å²) in [7, 11) is 1.96. The number of fused-ring (bicyclic) bond motifs is 1. The molecule has 100 valence electrons. The predicted molar refractivity (Wildman–Crippen MR) is 73.9 cm³/mol. The van der Waals surface area contributed by atoms with Crippen LogP contribution >= 0.6 is 0 Å². The van der Waals surface area contributed by atoms with Gasteiger partial charge in [0.1, 0.15) is 0 Å². The van der Waals surface area contributed by atoms with E-state index in [2.05, 4.69) is 28.5 Å². The van der Waals surface area contributed by atoms with E-state index in [1.165, 1.54) is 10.9 Å². The fourth-order valence-corrected chi connectivity index (χ4v) is 2.55. The third kappa shape index (κ3) is 2.61. The molecule has 1 aromatic heterocycles. The first-order chi connectivity index (χ1) is 9.38. The third-order valence-electron chi connectivity index (χ3n) is 3.54. The van der Waals surface area contributed by atoms with E-state index < -0.39 is 0 Å². The summed E-state index contributed by atoms with van der Waals surface area (Å²) in [5, 5.41) is 5.73. The Morgan fingerprint density at radius 3 is 2.84 bits per heavy atom. The van der Waals surface area contributed by atoms with E-state index in [-0.39, 0.29) is 12.3 Å². The molecule has 2 heterocycles. The van der Waals surface area contributed by atoms with Crippen LogP contribution in [0.25, 0.3) is 10.8 Å². The molecule has 1 atom stereocenters. The Hall–Kier alpha value is -1.49. The molecule has 4 heteroatoms. The van der Waals surface area contributed by atoms with Crippen LogP contribution in [-0.2, 0) is 9.47 Å². The van der Waals surface area contributed by atoms with Crippen molar-refractivity contribution in [1.29, 1.82) is 0 Å². The van der Waals surface area contributed by atoms with Crippen molar-refractivity contribution in [2.24, 2.45) is 0 Å². The summed E-state index contributed by atoms with van der Waals surface area (Å²) >= 11 is 0. The van der Waals surface area contributed by atoms with Crippen LogP contribution in [0.5, 0.6) is 0 Å². The Morgan fingerprint density at radius 2 is 2.05 bits per heavy atom. The summed E-state index contributed by atoms with van der Waals surface area (Å²) in [4.78, 5) is 4.33. The molecular formula is C15H18N2O2. The zero-order valence-electron chi connectivity index (χ0n) is 11.0. The van der Waals surface area contributed by atoms with Gasteiger partial charge in [-0.3, -0.25) is 4.98 Å². The maximum absolute atomic E-state index is 5.54. The first kappa shape index (κ1) is 12.5. The first-order valence-electron chi connectivity index (χ1n) is 6.61. The Kier molecular flexibility index (Phi) is 3.73. The van der Waals surface area contributed by atoms with Gasteiger partial charge in [-0.25, -0.2) is 0 Å². The van der Waals surface area contributed by atoms with Gasteiger partial charge in [-0.2, -0.15) is 0 Å². The molecule has 0 aliphatic carbocycles. The van der Waals surface area contributed by atoms with Crippen LogP contribution in [-0.4, -0.2) is 31.5 Å². The van der Waals surface area contributed by atoms with E-state index in [0.29, 0.717) is 13.2 Å². The van der Waals surface area contributed by atoms with Crippen molar-refractivity contribution in [3.8, 4) is 0 Å². The molecule has 1 N–H and O–H groups in total. The first-order valence-corrected chi connectivity index (χ1v) is 6.61. The lowest BCUT2D eigenvalue weighted by Crippen LogP contribution is -2.23. The lowest BCUT2D eigenvalue weighted by atomic mass is 9.99. The highest BCUT2D eigenvalue weighted by atomic mass is 16.7. The Morgan fingerprint density at radius 1 is 1.26 bits per heavy atom. The van der Waals surface area contributed by atoms with Gasteiger partial charge in [0, 0.05) is 30.2 Å². The van der Waals surface area contributed by atoms with E-state index in [4.69, 9.17) is 9.47 Å². The Bertz CT molecular complexity index is 547. The molecule has 0 radical (unpaired) electrons. The molecule has 2 aromatic rings. The van der Waals surface area contributed by atoms with Crippen molar-refractivity contribution in [2.45, 2.75) is 18.8 Å². The highest BCUT2D eigenvalue weighted by Crippen LogP contribution is 2.27. The van der Waals surface area contributed by atoms with Crippen LogP contribution < -0.4 is 5.32 Å². The van der Waals surface area contributed by atoms with Crippen LogP contribution in [0.4, 0.5) is 0 Å². The summed E-state index contributed by atoms with van der Waals surface area (Å²) in [5.74, 6) is 0. The number of nitrogens with zero attached hydrogens (tertiary/aromatic N) is 1. The van der Waals surface area contributed by atoms with E-state index in [0.717, 1.165) is 11.8 Å². The Labute approximate surface area is 112 Å². The van der Waals surface area contributed by atoms with Crippen LogP contribution in [0.3, 0.4) is 0 Å². The lowest BCUT2D eigenvalue weighted by Gasteiger charge is -2.20. The molecule has 1 aliphatic heterocycles. The van der Waals surface area contributed by atoms with Crippen molar-refractivity contribution < 1.29 is 9.47 Å². The van der Waals surface area contributed by atoms with Crippen LogP contribution in [0.1, 0.15) is 18.0 Å². The second kappa shape index (κ2) is 5.65. The SMILES string of the molecule is CNC(CC1OCCO1)c1cncc2ccccc12. The summed E-state index contributed by atoms with van der Waals surface area (Å²) in [6.07, 6.45) is 4.51. The highest BCUT2D eigenvalue weighted by molar-refractivity contribution is 5.85. The van der Waals surface area contributed by atoms with Gasteiger partial charge in [-0.15, -0.1) is 0 Å². The largest absolute Gasteiger partial charge is 0.350 e. The van der Waals surface area contributed by atoms with Gasteiger partial charge in [0.05, 0.1) is 13.2 Å². The Balaban J connectivity index is 1.91. The fourth-order valence-electron chi connectivity index (χ4n) is 2.55. The number of rotatable bonds is 4. The van der Waals surface area contributed by atoms with Gasteiger partial charge >= 0.3 is 0 Å². The number of ether oxygens (including phenoxy) is 2. The monoisotopic (exact) mass is 258 g/mol. The van der Waals surface area contributed by atoms with Gasteiger partial charge in [-0.1, -0.05) is 24.3 Å².